The first-order chi connectivity index (χ1) is 13.9. The fraction of sp³-hybridized carbons (Fsp3) is 0.364. The first kappa shape index (κ1) is 22.6. The van der Waals surface area contributed by atoms with E-state index in [-0.39, 0.29) is 28.8 Å². The first-order valence-corrected chi connectivity index (χ1v) is 9.88. The summed E-state index contributed by atoms with van der Waals surface area (Å²) >= 11 is 6.24. The molecule has 156 valence electrons. The van der Waals surface area contributed by atoms with Crippen molar-refractivity contribution < 1.29 is 23.8 Å². The molecule has 6 nitrogen and oxygen atoms in total. The minimum Gasteiger partial charge on any atom is -0.496 e. The van der Waals surface area contributed by atoms with Crippen LogP contribution in [-0.4, -0.2) is 31.7 Å². The van der Waals surface area contributed by atoms with Crippen LogP contribution in [0.4, 0.5) is 5.69 Å². The third-order valence-corrected chi connectivity index (χ3v) is 4.50. The lowest BCUT2D eigenvalue weighted by atomic mass is 10.1. The molecule has 1 unspecified atom stereocenters. The van der Waals surface area contributed by atoms with Crippen LogP contribution in [-0.2, 0) is 16.0 Å². The van der Waals surface area contributed by atoms with Gasteiger partial charge < -0.3 is 19.5 Å². The molecule has 1 N–H and O–H groups in total. The highest BCUT2D eigenvalue weighted by Gasteiger charge is 2.20. The fourth-order valence-corrected chi connectivity index (χ4v) is 2.91. The van der Waals surface area contributed by atoms with E-state index in [2.05, 4.69) is 12.2 Å². The van der Waals surface area contributed by atoms with Gasteiger partial charge in [0, 0.05) is 6.07 Å². The molecule has 0 aliphatic rings. The Morgan fingerprint density at radius 2 is 1.83 bits per heavy atom. The number of aryl methyl sites for hydroxylation is 1. The van der Waals surface area contributed by atoms with Gasteiger partial charge in [-0.05, 0) is 44.0 Å². The summed E-state index contributed by atoms with van der Waals surface area (Å²) in [5.41, 5.74) is 1.72. The second-order valence-electron chi connectivity index (χ2n) is 6.40. The van der Waals surface area contributed by atoms with E-state index in [9.17, 15) is 9.59 Å². The number of esters is 1. The van der Waals surface area contributed by atoms with E-state index >= 15 is 0 Å². The Morgan fingerprint density at radius 1 is 1.14 bits per heavy atom. The van der Waals surface area contributed by atoms with Crippen molar-refractivity contribution in [1.82, 2.24) is 0 Å². The summed E-state index contributed by atoms with van der Waals surface area (Å²) in [6, 6.07) is 10.6. The molecule has 2 aromatic carbocycles. The molecule has 0 radical (unpaired) electrons. The van der Waals surface area contributed by atoms with Crippen LogP contribution in [0.2, 0.25) is 5.02 Å². The van der Waals surface area contributed by atoms with Gasteiger partial charge in [-0.2, -0.15) is 0 Å². The molecule has 1 atom stereocenters. The Labute approximate surface area is 176 Å². The number of carbonyl (C=O) groups excluding carboxylic acids is 2. The number of nitrogens with one attached hydrogen (secondary N) is 1. The van der Waals surface area contributed by atoms with Crippen molar-refractivity contribution in [3.63, 3.8) is 0 Å². The van der Waals surface area contributed by atoms with E-state index in [1.807, 2.05) is 24.3 Å². The second-order valence-corrected chi connectivity index (χ2v) is 6.80. The average molecular weight is 420 g/mol. The van der Waals surface area contributed by atoms with Crippen LogP contribution in [0.1, 0.15) is 43.1 Å². The SMILES string of the molecule is CCCc1ccc(OC(C)C(=O)Nc2cc(OC)c(C(=O)OCC)cc2Cl)cc1. The highest BCUT2D eigenvalue weighted by molar-refractivity contribution is 6.34. The zero-order valence-corrected chi connectivity index (χ0v) is 17.8. The van der Waals surface area contributed by atoms with Crippen LogP contribution in [0.5, 0.6) is 11.5 Å². The van der Waals surface area contributed by atoms with Crippen LogP contribution in [0, 0.1) is 0 Å². The normalized spacial score (nSPS) is 11.5. The zero-order valence-electron chi connectivity index (χ0n) is 17.1. The molecular formula is C22H26ClNO5. The minimum absolute atomic E-state index is 0.189. The number of methoxy groups -OCH3 is 1. The fourth-order valence-electron chi connectivity index (χ4n) is 2.70. The number of rotatable bonds is 9. The van der Waals surface area contributed by atoms with Crippen LogP contribution in [0.15, 0.2) is 36.4 Å². The highest BCUT2D eigenvalue weighted by atomic mass is 35.5. The molecule has 0 aliphatic carbocycles. The van der Waals surface area contributed by atoms with Crippen LogP contribution in [0.25, 0.3) is 0 Å². The van der Waals surface area contributed by atoms with Crippen molar-refractivity contribution in [2.75, 3.05) is 19.0 Å². The summed E-state index contributed by atoms with van der Waals surface area (Å²) in [7, 11) is 1.42. The van der Waals surface area contributed by atoms with E-state index in [1.165, 1.54) is 24.8 Å². The van der Waals surface area contributed by atoms with E-state index < -0.39 is 12.1 Å². The van der Waals surface area contributed by atoms with Gasteiger partial charge in [0.05, 0.1) is 24.4 Å². The number of anilines is 1. The largest absolute Gasteiger partial charge is 0.496 e. The number of ether oxygens (including phenoxy) is 3. The predicted molar refractivity (Wildman–Crippen MR) is 113 cm³/mol. The monoisotopic (exact) mass is 419 g/mol. The molecule has 29 heavy (non-hydrogen) atoms. The van der Waals surface area contributed by atoms with Gasteiger partial charge in [-0.15, -0.1) is 0 Å². The molecule has 7 heteroatoms. The lowest BCUT2D eigenvalue weighted by Gasteiger charge is -2.17. The molecule has 0 heterocycles. The molecule has 0 aromatic heterocycles. The number of hydrogen-bond donors (Lipinski definition) is 1. The number of carbonyl (C=O) groups is 2. The van der Waals surface area contributed by atoms with Crippen LogP contribution >= 0.6 is 11.6 Å². The molecular weight excluding hydrogens is 394 g/mol. The summed E-state index contributed by atoms with van der Waals surface area (Å²) in [5, 5.41) is 2.90. The van der Waals surface area contributed by atoms with E-state index in [4.69, 9.17) is 25.8 Å². The van der Waals surface area contributed by atoms with Gasteiger partial charge in [0.15, 0.2) is 6.10 Å². The Morgan fingerprint density at radius 3 is 2.41 bits per heavy atom. The lowest BCUT2D eigenvalue weighted by molar-refractivity contribution is -0.122. The Balaban J connectivity index is 2.09. The topological polar surface area (TPSA) is 73.9 Å². The van der Waals surface area contributed by atoms with Gasteiger partial charge >= 0.3 is 5.97 Å². The van der Waals surface area contributed by atoms with Gasteiger partial charge in [0.2, 0.25) is 0 Å². The van der Waals surface area contributed by atoms with Crippen molar-refractivity contribution in [3.05, 3.63) is 52.5 Å². The smallest absolute Gasteiger partial charge is 0.341 e. The summed E-state index contributed by atoms with van der Waals surface area (Å²) in [6.45, 7) is 5.70. The lowest BCUT2D eigenvalue weighted by Crippen LogP contribution is -2.30. The first-order valence-electron chi connectivity index (χ1n) is 9.50. The molecule has 0 saturated carbocycles. The predicted octanol–water partition coefficient (Wildman–Crippen LogP) is 4.88. The molecule has 0 aliphatic heterocycles. The Kier molecular flexibility index (Phi) is 8.34. The molecule has 0 saturated heterocycles. The molecule has 0 spiro atoms. The summed E-state index contributed by atoms with van der Waals surface area (Å²) in [5.74, 6) is -0.0695. The average Bonchev–Trinajstić information content (AvgIpc) is 2.70. The highest BCUT2D eigenvalue weighted by Crippen LogP contribution is 2.31. The van der Waals surface area contributed by atoms with Crippen LogP contribution < -0.4 is 14.8 Å². The molecule has 0 bridgehead atoms. The second kappa shape index (κ2) is 10.7. The third-order valence-electron chi connectivity index (χ3n) is 4.19. The van der Waals surface area contributed by atoms with Gasteiger partial charge in [-0.1, -0.05) is 37.1 Å². The van der Waals surface area contributed by atoms with Gasteiger partial charge in [0.25, 0.3) is 5.91 Å². The molecule has 0 fully saturated rings. The van der Waals surface area contributed by atoms with Crippen molar-refractivity contribution in [3.8, 4) is 11.5 Å². The van der Waals surface area contributed by atoms with Gasteiger partial charge in [-0.25, -0.2) is 4.79 Å². The van der Waals surface area contributed by atoms with Crippen molar-refractivity contribution in [2.45, 2.75) is 39.7 Å². The van der Waals surface area contributed by atoms with E-state index in [0.717, 1.165) is 12.8 Å². The van der Waals surface area contributed by atoms with Crippen LogP contribution in [0.3, 0.4) is 0 Å². The molecule has 2 rings (SSSR count). The summed E-state index contributed by atoms with van der Waals surface area (Å²) in [4.78, 5) is 24.6. The third kappa shape index (κ3) is 6.12. The molecule has 2 aromatic rings. The molecule has 1 amide bonds. The maximum Gasteiger partial charge on any atom is 0.341 e. The quantitative estimate of drug-likeness (QED) is 0.586. The van der Waals surface area contributed by atoms with Gasteiger partial charge in [-0.3, -0.25) is 4.79 Å². The number of amides is 1. The standard InChI is InChI=1S/C22H26ClNO5/c1-5-7-15-8-10-16(11-9-15)29-14(3)21(25)24-19-13-20(27-4)17(12-18(19)23)22(26)28-6-2/h8-14H,5-7H2,1-4H3,(H,24,25). The van der Waals surface area contributed by atoms with E-state index in [0.29, 0.717) is 11.4 Å². The number of hydrogen-bond acceptors (Lipinski definition) is 5. The minimum atomic E-state index is -0.751. The summed E-state index contributed by atoms with van der Waals surface area (Å²) < 4.78 is 15.9. The maximum absolute atomic E-state index is 12.5. The number of halogens is 1. The van der Waals surface area contributed by atoms with Gasteiger partial charge in [0.1, 0.15) is 17.1 Å². The maximum atomic E-state index is 12.5. The zero-order chi connectivity index (χ0) is 21.4. The number of benzene rings is 2. The Hall–Kier alpha value is -2.73. The van der Waals surface area contributed by atoms with Crippen molar-refractivity contribution in [1.29, 1.82) is 0 Å². The Bertz CT molecular complexity index is 851. The van der Waals surface area contributed by atoms with Crippen molar-refractivity contribution >= 4 is 29.2 Å². The summed E-state index contributed by atoms with van der Waals surface area (Å²) in [6.07, 6.45) is 1.32. The van der Waals surface area contributed by atoms with Crippen molar-refractivity contribution in [2.24, 2.45) is 0 Å². The van der Waals surface area contributed by atoms with E-state index in [1.54, 1.807) is 13.8 Å².